The molecule has 5 aromatic rings. The van der Waals surface area contributed by atoms with Gasteiger partial charge >= 0.3 is 0 Å². The van der Waals surface area contributed by atoms with Crippen LogP contribution in [0.3, 0.4) is 0 Å². The van der Waals surface area contributed by atoms with E-state index in [0.717, 1.165) is 33.4 Å². The average molecular weight is 496 g/mol. The molecule has 0 radical (unpaired) electrons. The summed E-state index contributed by atoms with van der Waals surface area (Å²) in [6.07, 6.45) is 4.77. The third kappa shape index (κ3) is 4.46. The van der Waals surface area contributed by atoms with Crippen molar-refractivity contribution in [2.24, 2.45) is 4.99 Å². The normalized spacial score (nSPS) is 14.4. The third-order valence-corrected chi connectivity index (χ3v) is 6.22. The van der Waals surface area contributed by atoms with Crippen LogP contribution in [0.25, 0.3) is 16.6 Å². The zero-order valence-electron chi connectivity index (χ0n) is 20.9. The lowest BCUT2D eigenvalue weighted by atomic mass is 10.1. The highest BCUT2D eigenvalue weighted by Gasteiger charge is 2.26. The van der Waals surface area contributed by atoms with E-state index < -0.39 is 0 Å². The molecule has 0 amide bonds. The zero-order valence-corrected chi connectivity index (χ0v) is 20.9. The number of aromatic nitrogens is 6. The average Bonchev–Trinajstić information content (AvgIpc) is 3.49. The molecule has 0 unspecified atom stereocenters. The number of hydrogen-bond acceptors (Lipinski definition) is 10. The Morgan fingerprint density at radius 2 is 1.86 bits per heavy atom. The monoisotopic (exact) mass is 495 g/mol. The van der Waals surface area contributed by atoms with E-state index in [9.17, 15) is 0 Å². The Kier molecular flexibility index (Phi) is 5.32. The first-order chi connectivity index (χ1) is 17.8. The Balaban J connectivity index is 1.27. The minimum Gasteiger partial charge on any atom is -0.462 e. The molecule has 186 valence electrons. The molecule has 0 atom stereocenters. The summed E-state index contributed by atoms with van der Waals surface area (Å²) in [4.78, 5) is 17.8. The third-order valence-electron chi connectivity index (χ3n) is 6.22. The first-order valence-corrected chi connectivity index (χ1v) is 11.8. The molecule has 2 N–H and O–H groups in total. The fourth-order valence-electron chi connectivity index (χ4n) is 4.05. The molecule has 0 bridgehead atoms. The van der Waals surface area contributed by atoms with Crippen LogP contribution in [0.1, 0.15) is 25.0 Å². The lowest BCUT2D eigenvalue weighted by molar-refractivity contribution is 0.278. The van der Waals surface area contributed by atoms with Crippen molar-refractivity contribution in [2.45, 2.75) is 33.2 Å². The highest BCUT2D eigenvalue weighted by atomic mass is 16.5. The quantitative estimate of drug-likeness (QED) is 0.354. The maximum Gasteiger partial charge on any atom is 0.289 e. The molecule has 1 aliphatic heterocycles. The minimum absolute atomic E-state index is 0.237. The summed E-state index contributed by atoms with van der Waals surface area (Å²) in [5, 5.41) is 15.5. The molecule has 11 nitrogen and oxygen atoms in total. The van der Waals surface area contributed by atoms with Gasteiger partial charge in [-0.3, -0.25) is 4.40 Å². The summed E-state index contributed by atoms with van der Waals surface area (Å²) in [7, 11) is 0. The number of hydrogen-bond donors (Lipinski definition) is 2. The van der Waals surface area contributed by atoms with Gasteiger partial charge in [0.15, 0.2) is 5.65 Å². The predicted octanol–water partition coefficient (Wildman–Crippen LogP) is 4.80. The fourth-order valence-corrected chi connectivity index (χ4v) is 4.05. The Bertz CT molecular complexity index is 1680. The van der Waals surface area contributed by atoms with Gasteiger partial charge in [0.25, 0.3) is 6.02 Å². The molecular weight excluding hydrogens is 470 g/mol. The van der Waals surface area contributed by atoms with Gasteiger partial charge in [-0.15, -0.1) is 10.2 Å². The largest absolute Gasteiger partial charge is 0.462 e. The highest BCUT2D eigenvalue weighted by molar-refractivity contribution is 5.97. The van der Waals surface area contributed by atoms with Crippen molar-refractivity contribution in [3.05, 3.63) is 66.5 Å². The number of aliphatic imine (C=N–C) groups is 1. The van der Waals surface area contributed by atoms with Gasteiger partial charge in [0.1, 0.15) is 37.2 Å². The smallest absolute Gasteiger partial charge is 0.289 e. The molecule has 4 heterocycles. The van der Waals surface area contributed by atoms with E-state index >= 15 is 0 Å². The lowest BCUT2D eigenvalue weighted by Gasteiger charge is -2.16. The van der Waals surface area contributed by atoms with Crippen LogP contribution in [0.5, 0.6) is 11.6 Å². The van der Waals surface area contributed by atoms with Crippen LogP contribution in [0.2, 0.25) is 0 Å². The summed E-state index contributed by atoms with van der Waals surface area (Å²) < 4.78 is 13.5. The van der Waals surface area contributed by atoms with Crippen molar-refractivity contribution >= 4 is 39.8 Å². The maximum absolute atomic E-state index is 6.06. The van der Waals surface area contributed by atoms with Crippen molar-refractivity contribution < 1.29 is 9.47 Å². The maximum atomic E-state index is 6.06. The van der Waals surface area contributed by atoms with Crippen molar-refractivity contribution in [3.8, 4) is 11.6 Å². The van der Waals surface area contributed by atoms with Crippen LogP contribution in [0.15, 0.2) is 60.4 Å². The van der Waals surface area contributed by atoms with Crippen molar-refractivity contribution in [3.63, 3.8) is 0 Å². The molecule has 37 heavy (non-hydrogen) atoms. The van der Waals surface area contributed by atoms with Crippen LogP contribution in [0.4, 0.5) is 17.2 Å². The highest BCUT2D eigenvalue weighted by Crippen LogP contribution is 2.33. The Morgan fingerprint density at radius 1 is 0.973 bits per heavy atom. The minimum atomic E-state index is -0.237. The molecule has 0 saturated heterocycles. The Hall–Kier alpha value is -4.80. The molecule has 1 aliphatic rings. The second-order valence-electron chi connectivity index (χ2n) is 9.51. The lowest BCUT2D eigenvalue weighted by Crippen LogP contribution is -2.17. The molecule has 0 aliphatic carbocycles. The number of amidine groups is 1. The first-order valence-electron chi connectivity index (χ1n) is 11.8. The molecule has 6 rings (SSSR count). The van der Waals surface area contributed by atoms with Gasteiger partial charge in [-0.1, -0.05) is 0 Å². The first kappa shape index (κ1) is 22.7. The van der Waals surface area contributed by atoms with E-state index in [2.05, 4.69) is 40.8 Å². The van der Waals surface area contributed by atoms with Crippen LogP contribution in [0, 0.1) is 13.8 Å². The molecule has 11 heteroatoms. The van der Waals surface area contributed by atoms with Crippen LogP contribution < -0.4 is 15.4 Å². The zero-order chi connectivity index (χ0) is 25.6. The predicted molar refractivity (Wildman–Crippen MR) is 141 cm³/mol. The second kappa shape index (κ2) is 8.70. The molecule has 0 spiro atoms. The number of benzene rings is 2. The summed E-state index contributed by atoms with van der Waals surface area (Å²) in [6, 6.07) is 12.0. The van der Waals surface area contributed by atoms with Gasteiger partial charge in [0.05, 0.1) is 11.1 Å². The number of rotatable bonds is 5. The van der Waals surface area contributed by atoms with Gasteiger partial charge in [-0.05, 0) is 69.2 Å². The van der Waals surface area contributed by atoms with E-state index in [1.54, 1.807) is 29.4 Å². The van der Waals surface area contributed by atoms with E-state index in [0.29, 0.717) is 35.7 Å². The van der Waals surface area contributed by atoms with E-state index in [1.165, 1.54) is 0 Å². The van der Waals surface area contributed by atoms with E-state index in [-0.39, 0.29) is 5.54 Å². The number of nitrogens with zero attached hydrogens (tertiary/aromatic N) is 7. The standard InChI is InChI=1S/C26H25N9O2/c1-15-16(2)21(37-23-10-22-34-30-14-35(22)13-29-23)8-7-19(15)32-24-18-9-17(5-6-20(18)27-12-28-24)31-25-33-26(3,4)11-36-25/h5-10,12-14H,11H2,1-4H3,(H,31,33)(H,27,28,32). The summed E-state index contributed by atoms with van der Waals surface area (Å²) >= 11 is 0. The van der Waals surface area contributed by atoms with Gasteiger partial charge in [0, 0.05) is 22.8 Å². The molecule has 0 saturated carbocycles. The number of anilines is 3. The van der Waals surface area contributed by atoms with Gasteiger partial charge in [-0.2, -0.15) is 0 Å². The number of ether oxygens (including phenoxy) is 2. The van der Waals surface area contributed by atoms with Crippen molar-refractivity contribution in [1.29, 1.82) is 0 Å². The second-order valence-corrected chi connectivity index (χ2v) is 9.51. The molecule has 0 fully saturated rings. The van der Waals surface area contributed by atoms with Crippen LogP contribution in [-0.2, 0) is 4.74 Å². The molecule has 3 aromatic heterocycles. The topological polar surface area (TPSA) is 124 Å². The van der Waals surface area contributed by atoms with Crippen LogP contribution >= 0.6 is 0 Å². The number of nitrogens with one attached hydrogen (secondary N) is 2. The Labute approximate surface area is 212 Å². The van der Waals surface area contributed by atoms with Crippen LogP contribution in [-0.4, -0.2) is 47.7 Å². The van der Waals surface area contributed by atoms with Gasteiger partial charge < -0.3 is 20.1 Å². The molecule has 2 aromatic carbocycles. The fraction of sp³-hybridized carbons (Fsp3) is 0.231. The summed E-state index contributed by atoms with van der Waals surface area (Å²) in [5.74, 6) is 1.85. The van der Waals surface area contributed by atoms with Gasteiger partial charge in [0.2, 0.25) is 5.88 Å². The number of fused-ring (bicyclic) bond motifs is 2. The van der Waals surface area contributed by atoms with E-state index in [4.69, 9.17) is 9.47 Å². The summed E-state index contributed by atoms with van der Waals surface area (Å²) in [5.41, 5.74) is 5.01. The van der Waals surface area contributed by atoms with E-state index in [1.807, 2.05) is 58.0 Å². The summed E-state index contributed by atoms with van der Waals surface area (Å²) in [6.45, 7) is 8.65. The molecular formula is C26H25N9O2. The van der Waals surface area contributed by atoms with Crippen molar-refractivity contribution in [1.82, 2.24) is 29.5 Å². The van der Waals surface area contributed by atoms with Gasteiger partial charge in [-0.25, -0.2) is 19.9 Å². The van der Waals surface area contributed by atoms with Crippen molar-refractivity contribution in [2.75, 3.05) is 17.2 Å². The Morgan fingerprint density at radius 3 is 2.70 bits per heavy atom. The SMILES string of the molecule is Cc1c(Nc2ncnc3ccc(NC4=NC(C)(C)CO4)cc23)ccc(Oc2cc3nncn3cn2)c1C.